The maximum absolute atomic E-state index is 13.1. The lowest BCUT2D eigenvalue weighted by molar-refractivity contribution is -0.143. The molecule has 1 rings (SSSR count). The van der Waals surface area contributed by atoms with Gasteiger partial charge < -0.3 is 5.73 Å². The highest BCUT2D eigenvalue weighted by Crippen LogP contribution is 2.30. The van der Waals surface area contributed by atoms with Crippen LogP contribution >= 0.6 is 31.9 Å². The number of carbonyl (C=O) groups is 1. The van der Waals surface area contributed by atoms with Crippen LogP contribution in [0.15, 0.2) is 21.3 Å². The first kappa shape index (κ1) is 11.5. The summed E-state index contributed by atoms with van der Waals surface area (Å²) in [4.78, 5) is 14.2. The monoisotopic (exact) mass is 328 g/mol. The molecule has 0 saturated heterocycles. The van der Waals surface area contributed by atoms with E-state index in [2.05, 4.69) is 42.6 Å². The maximum Gasteiger partial charge on any atom is 0.349 e. The van der Waals surface area contributed by atoms with Gasteiger partial charge in [0.2, 0.25) is 0 Å². The predicted octanol–water partition coefficient (Wildman–Crippen LogP) is 2.18. The Hall–Kier alpha value is -0.560. The molecule has 76 valence electrons. The first-order valence-corrected chi connectivity index (χ1v) is 4.94. The van der Waals surface area contributed by atoms with Crippen molar-refractivity contribution in [2.45, 2.75) is 5.92 Å². The van der Waals surface area contributed by atoms with E-state index in [4.69, 9.17) is 0 Å². The first-order chi connectivity index (χ1) is 6.34. The minimum Gasteiger partial charge on any atom is -0.364 e. The number of hydrogen-bond donors (Lipinski definition) is 1. The predicted molar refractivity (Wildman–Crippen MR) is 52.7 cm³/mol. The number of primary amides is 1. The van der Waals surface area contributed by atoms with Crippen LogP contribution in [0.2, 0.25) is 0 Å². The number of rotatable bonds is 2. The van der Waals surface area contributed by atoms with E-state index in [9.17, 15) is 13.6 Å². The van der Waals surface area contributed by atoms with E-state index in [0.717, 1.165) is 12.1 Å². The zero-order chi connectivity index (χ0) is 10.9. The average molecular weight is 330 g/mol. The second kappa shape index (κ2) is 3.90. The molecule has 1 aromatic rings. The standard InChI is InChI=1S/C7H4Br2F2N2O/c8-4-1-3(2-5(9)13-4)7(10,11)6(12)14/h1-2H,(H2,12,14). The molecule has 0 saturated carbocycles. The Kier molecular flexibility index (Phi) is 3.20. The topological polar surface area (TPSA) is 56.0 Å². The minimum atomic E-state index is -3.69. The fourth-order valence-electron chi connectivity index (χ4n) is 0.788. The molecule has 0 bridgehead atoms. The molecule has 0 spiro atoms. The molecular formula is C7H4Br2F2N2O. The second-order valence-corrected chi connectivity index (χ2v) is 4.06. The van der Waals surface area contributed by atoms with Gasteiger partial charge in [-0.3, -0.25) is 4.79 Å². The number of nitrogens with two attached hydrogens (primary N) is 1. The smallest absolute Gasteiger partial charge is 0.349 e. The maximum atomic E-state index is 13.1. The van der Waals surface area contributed by atoms with E-state index in [-0.39, 0.29) is 9.21 Å². The number of pyridine rings is 1. The molecule has 7 heteroatoms. The second-order valence-electron chi connectivity index (χ2n) is 2.44. The van der Waals surface area contributed by atoms with Crippen LogP contribution < -0.4 is 5.73 Å². The lowest BCUT2D eigenvalue weighted by Gasteiger charge is -2.12. The van der Waals surface area contributed by atoms with E-state index in [1.165, 1.54) is 0 Å². The lowest BCUT2D eigenvalue weighted by atomic mass is 10.1. The van der Waals surface area contributed by atoms with Crippen LogP contribution in [0, 0.1) is 0 Å². The van der Waals surface area contributed by atoms with E-state index >= 15 is 0 Å². The summed E-state index contributed by atoms with van der Waals surface area (Å²) < 4.78 is 26.6. The average Bonchev–Trinajstić information content (AvgIpc) is 2.01. The minimum absolute atomic E-state index is 0.197. The molecular weight excluding hydrogens is 326 g/mol. The van der Waals surface area contributed by atoms with Crippen molar-refractivity contribution in [3.8, 4) is 0 Å². The van der Waals surface area contributed by atoms with Crippen LogP contribution in [0.4, 0.5) is 8.78 Å². The highest BCUT2D eigenvalue weighted by atomic mass is 79.9. The van der Waals surface area contributed by atoms with Gasteiger partial charge >= 0.3 is 5.92 Å². The zero-order valence-corrected chi connectivity index (χ0v) is 9.77. The molecule has 1 heterocycles. The van der Waals surface area contributed by atoms with Gasteiger partial charge in [0.25, 0.3) is 5.91 Å². The van der Waals surface area contributed by atoms with E-state index in [1.54, 1.807) is 0 Å². The molecule has 1 amide bonds. The zero-order valence-electron chi connectivity index (χ0n) is 6.60. The molecule has 0 unspecified atom stereocenters. The molecule has 1 aromatic heterocycles. The number of nitrogens with zero attached hydrogens (tertiary/aromatic N) is 1. The van der Waals surface area contributed by atoms with Crippen molar-refractivity contribution in [1.82, 2.24) is 4.98 Å². The molecule has 14 heavy (non-hydrogen) atoms. The summed E-state index contributed by atoms with van der Waals surface area (Å²) in [7, 11) is 0. The molecule has 0 aliphatic heterocycles. The number of amides is 1. The molecule has 3 nitrogen and oxygen atoms in total. The van der Waals surface area contributed by atoms with Crippen molar-refractivity contribution < 1.29 is 13.6 Å². The largest absolute Gasteiger partial charge is 0.364 e. The number of alkyl halides is 2. The van der Waals surface area contributed by atoms with Crippen molar-refractivity contribution in [3.05, 3.63) is 26.9 Å². The Morgan fingerprint density at radius 1 is 1.36 bits per heavy atom. The number of halogens is 4. The van der Waals surface area contributed by atoms with Crippen LogP contribution in [-0.2, 0) is 10.7 Å². The van der Waals surface area contributed by atoms with Crippen molar-refractivity contribution in [2.75, 3.05) is 0 Å². The van der Waals surface area contributed by atoms with Crippen molar-refractivity contribution in [1.29, 1.82) is 0 Å². The van der Waals surface area contributed by atoms with Gasteiger partial charge in [0, 0.05) is 5.56 Å². The van der Waals surface area contributed by atoms with Gasteiger partial charge in [0.15, 0.2) is 0 Å². The summed E-state index contributed by atoms with van der Waals surface area (Å²) in [5, 5.41) is 0. The highest BCUT2D eigenvalue weighted by Gasteiger charge is 2.39. The summed E-state index contributed by atoms with van der Waals surface area (Å²) >= 11 is 5.86. The summed E-state index contributed by atoms with van der Waals surface area (Å²) in [6.07, 6.45) is 0. The van der Waals surface area contributed by atoms with Gasteiger partial charge in [0.1, 0.15) is 9.21 Å². The number of hydrogen-bond acceptors (Lipinski definition) is 2. The van der Waals surface area contributed by atoms with E-state index < -0.39 is 17.4 Å². The van der Waals surface area contributed by atoms with Crippen LogP contribution in [0.5, 0.6) is 0 Å². The van der Waals surface area contributed by atoms with Crippen LogP contribution in [0.3, 0.4) is 0 Å². The molecule has 0 radical (unpaired) electrons. The Morgan fingerprint density at radius 3 is 2.14 bits per heavy atom. The summed E-state index contributed by atoms with van der Waals surface area (Å²) in [5.41, 5.74) is 4.06. The SMILES string of the molecule is NC(=O)C(F)(F)c1cc(Br)nc(Br)c1. The highest BCUT2D eigenvalue weighted by molar-refractivity contribution is 9.11. The van der Waals surface area contributed by atoms with Crippen molar-refractivity contribution in [3.63, 3.8) is 0 Å². The van der Waals surface area contributed by atoms with Crippen LogP contribution in [-0.4, -0.2) is 10.9 Å². The molecule has 2 N–H and O–H groups in total. The van der Waals surface area contributed by atoms with E-state index in [1.807, 2.05) is 0 Å². The van der Waals surface area contributed by atoms with Gasteiger partial charge in [-0.1, -0.05) is 0 Å². The molecule has 0 aliphatic carbocycles. The quantitative estimate of drug-likeness (QED) is 0.845. The Bertz CT molecular complexity index is 364. The third-order valence-electron chi connectivity index (χ3n) is 1.43. The van der Waals surface area contributed by atoms with Gasteiger partial charge in [-0.25, -0.2) is 4.98 Å². The fraction of sp³-hybridized carbons (Fsp3) is 0.143. The fourth-order valence-corrected chi connectivity index (χ4v) is 1.90. The van der Waals surface area contributed by atoms with Crippen LogP contribution in [0.25, 0.3) is 0 Å². The third kappa shape index (κ3) is 2.27. The third-order valence-corrected chi connectivity index (χ3v) is 2.25. The molecule has 0 aliphatic rings. The van der Waals surface area contributed by atoms with Gasteiger partial charge in [-0.15, -0.1) is 0 Å². The summed E-state index contributed by atoms with van der Waals surface area (Å²) in [5.74, 6) is -5.38. The molecule has 0 atom stereocenters. The molecule has 0 aromatic carbocycles. The Labute approximate surface area is 94.9 Å². The number of carbonyl (C=O) groups excluding carboxylic acids is 1. The Balaban J connectivity index is 3.25. The summed E-state index contributed by atoms with van der Waals surface area (Å²) in [6, 6.07) is 2.07. The van der Waals surface area contributed by atoms with Crippen molar-refractivity contribution in [2.24, 2.45) is 5.73 Å². The lowest BCUT2D eigenvalue weighted by Crippen LogP contribution is -2.33. The van der Waals surface area contributed by atoms with E-state index in [0.29, 0.717) is 0 Å². The molecule has 0 fully saturated rings. The van der Waals surface area contributed by atoms with Crippen LogP contribution in [0.1, 0.15) is 5.56 Å². The normalized spacial score (nSPS) is 11.4. The Morgan fingerprint density at radius 2 is 1.79 bits per heavy atom. The van der Waals surface area contributed by atoms with Gasteiger partial charge in [-0.2, -0.15) is 8.78 Å². The number of aromatic nitrogens is 1. The van der Waals surface area contributed by atoms with Gasteiger partial charge in [-0.05, 0) is 44.0 Å². The first-order valence-electron chi connectivity index (χ1n) is 3.35. The van der Waals surface area contributed by atoms with Gasteiger partial charge in [0.05, 0.1) is 0 Å². The van der Waals surface area contributed by atoms with Crippen molar-refractivity contribution >= 4 is 37.8 Å². The summed E-state index contributed by atoms with van der Waals surface area (Å²) in [6.45, 7) is 0.